The van der Waals surface area contributed by atoms with Gasteiger partial charge in [0.15, 0.2) is 0 Å². The lowest BCUT2D eigenvalue weighted by Crippen LogP contribution is -2.14. The monoisotopic (exact) mass is 323 g/mol. The van der Waals surface area contributed by atoms with Gasteiger partial charge < -0.3 is 4.74 Å². The molecule has 1 unspecified atom stereocenters. The van der Waals surface area contributed by atoms with Gasteiger partial charge in [0.1, 0.15) is 5.03 Å². The predicted octanol–water partition coefficient (Wildman–Crippen LogP) is 3.40. The van der Waals surface area contributed by atoms with Crippen LogP contribution in [0.4, 0.5) is 0 Å². The molecule has 0 saturated heterocycles. The highest BCUT2D eigenvalue weighted by atomic mass is 79.9. The van der Waals surface area contributed by atoms with E-state index in [-0.39, 0.29) is 11.9 Å². The largest absolute Gasteiger partial charge is 0.469 e. The maximum Gasteiger partial charge on any atom is 0.309 e. The van der Waals surface area contributed by atoms with Crippen LogP contribution >= 0.6 is 39.3 Å². The number of esters is 1. The molecule has 0 amide bonds. The second kappa shape index (κ2) is 6.47. The number of thioether (sulfide) groups is 1. The Morgan fingerprint density at radius 3 is 3.00 bits per heavy atom. The van der Waals surface area contributed by atoms with Crippen LogP contribution < -0.4 is 0 Å². The SMILES string of the molecule is COC(=O)C(C)CSc1ncc(Br)cc1Cl. The molecule has 0 aliphatic carbocycles. The minimum Gasteiger partial charge on any atom is -0.469 e. The average Bonchev–Trinajstić information content (AvgIpc) is 2.26. The average molecular weight is 325 g/mol. The van der Waals surface area contributed by atoms with Crippen molar-refractivity contribution in [3.63, 3.8) is 0 Å². The highest BCUT2D eigenvalue weighted by Crippen LogP contribution is 2.28. The smallest absolute Gasteiger partial charge is 0.309 e. The van der Waals surface area contributed by atoms with Crippen molar-refractivity contribution in [1.82, 2.24) is 4.98 Å². The molecule has 1 rings (SSSR count). The van der Waals surface area contributed by atoms with Crippen LogP contribution in [-0.2, 0) is 9.53 Å². The quantitative estimate of drug-likeness (QED) is 0.628. The number of hydrogen-bond donors (Lipinski definition) is 0. The number of pyridine rings is 1. The van der Waals surface area contributed by atoms with Gasteiger partial charge in [0.2, 0.25) is 0 Å². The van der Waals surface area contributed by atoms with Crippen LogP contribution in [0.5, 0.6) is 0 Å². The third-order valence-electron chi connectivity index (χ3n) is 1.85. The second-order valence-corrected chi connectivity index (χ2v) is 5.51. The van der Waals surface area contributed by atoms with Crippen molar-refractivity contribution in [2.45, 2.75) is 11.9 Å². The van der Waals surface area contributed by atoms with Gasteiger partial charge in [-0.2, -0.15) is 0 Å². The molecular formula is C10H11BrClNO2S. The number of hydrogen-bond acceptors (Lipinski definition) is 4. The molecule has 0 aliphatic heterocycles. The van der Waals surface area contributed by atoms with E-state index in [1.54, 1.807) is 12.3 Å². The Morgan fingerprint density at radius 2 is 2.44 bits per heavy atom. The molecule has 6 heteroatoms. The lowest BCUT2D eigenvalue weighted by Gasteiger charge is -2.08. The number of carbonyl (C=O) groups excluding carboxylic acids is 1. The molecule has 3 nitrogen and oxygen atoms in total. The number of halogens is 2. The van der Waals surface area contributed by atoms with Gasteiger partial charge >= 0.3 is 5.97 Å². The van der Waals surface area contributed by atoms with Gasteiger partial charge in [-0.1, -0.05) is 18.5 Å². The number of aromatic nitrogens is 1. The first-order valence-electron chi connectivity index (χ1n) is 4.56. The van der Waals surface area contributed by atoms with Gasteiger partial charge in [0.25, 0.3) is 0 Å². The number of ether oxygens (including phenoxy) is 1. The van der Waals surface area contributed by atoms with E-state index in [9.17, 15) is 4.79 Å². The van der Waals surface area contributed by atoms with E-state index >= 15 is 0 Å². The van der Waals surface area contributed by atoms with Gasteiger partial charge in [-0.05, 0) is 22.0 Å². The minimum atomic E-state index is -0.222. The van der Waals surface area contributed by atoms with Gasteiger partial charge in [0, 0.05) is 16.4 Å². The highest BCUT2D eigenvalue weighted by molar-refractivity contribution is 9.10. The predicted molar refractivity (Wildman–Crippen MR) is 68.9 cm³/mol. The molecule has 1 aromatic rings. The number of carbonyl (C=O) groups is 1. The standard InChI is InChI=1S/C10H11BrClNO2S/c1-6(10(14)15-2)5-16-9-8(12)3-7(11)4-13-9/h3-4,6H,5H2,1-2H3. The van der Waals surface area contributed by atoms with Crippen molar-refractivity contribution < 1.29 is 9.53 Å². The van der Waals surface area contributed by atoms with Gasteiger partial charge in [-0.15, -0.1) is 11.8 Å². The van der Waals surface area contributed by atoms with Crippen molar-refractivity contribution in [2.24, 2.45) is 5.92 Å². The Kier molecular flexibility index (Phi) is 5.58. The molecular weight excluding hydrogens is 314 g/mol. The van der Waals surface area contributed by atoms with Crippen LogP contribution in [0.25, 0.3) is 0 Å². The molecule has 88 valence electrons. The molecule has 0 aromatic carbocycles. The van der Waals surface area contributed by atoms with Gasteiger partial charge in [-0.3, -0.25) is 4.79 Å². The van der Waals surface area contributed by atoms with E-state index in [1.807, 2.05) is 6.92 Å². The fraction of sp³-hybridized carbons (Fsp3) is 0.400. The minimum absolute atomic E-state index is 0.170. The van der Waals surface area contributed by atoms with E-state index in [0.717, 1.165) is 9.50 Å². The van der Waals surface area contributed by atoms with Crippen molar-refractivity contribution in [3.05, 3.63) is 21.8 Å². The molecule has 0 bridgehead atoms. The van der Waals surface area contributed by atoms with Crippen molar-refractivity contribution in [1.29, 1.82) is 0 Å². The number of nitrogens with zero attached hydrogens (tertiary/aromatic N) is 1. The molecule has 0 spiro atoms. The van der Waals surface area contributed by atoms with Crippen molar-refractivity contribution in [3.8, 4) is 0 Å². The normalized spacial score (nSPS) is 12.2. The lowest BCUT2D eigenvalue weighted by molar-refractivity contribution is -0.143. The fourth-order valence-electron chi connectivity index (χ4n) is 0.981. The Labute approximate surface area is 112 Å². The first kappa shape index (κ1) is 13.8. The summed E-state index contributed by atoms with van der Waals surface area (Å²) in [6, 6.07) is 1.78. The molecule has 0 aliphatic rings. The van der Waals surface area contributed by atoms with Crippen LogP contribution in [0.15, 0.2) is 21.8 Å². The highest BCUT2D eigenvalue weighted by Gasteiger charge is 2.14. The molecule has 16 heavy (non-hydrogen) atoms. The van der Waals surface area contributed by atoms with E-state index in [1.165, 1.54) is 18.9 Å². The summed E-state index contributed by atoms with van der Waals surface area (Å²) in [4.78, 5) is 15.3. The van der Waals surface area contributed by atoms with E-state index in [0.29, 0.717) is 10.8 Å². The third kappa shape index (κ3) is 3.96. The molecule has 0 radical (unpaired) electrons. The zero-order valence-corrected chi connectivity index (χ0v) is 12.0. The van der Waals surface area contributed by atoms with Crippen LogP contribution in [0, 0.1) is 5.92 Å². The third-order valence-corrected chi connectivity index (χ3v) is 3.95. The zero-order valence-electron chi connectivity index (χ0n) is 8.87. The summed E-state index contributed by atoms with van der Waals surface area (Å²) in [6.45, 7) is 1.81. The number of rotatable bonds is 4. The second-order valence-electron chi connectivity index (χ2n) is 3.18. The van der Waals surface area contributed by atoms with E-state index in [4.69, 9.17) is 11.6 Å². The van der Waals surface area contributed by atoms with Crippen LogP contribution in [-0.4, -0.2) is 23.8 Å². The van der Waals surface area contributed by atoms with Crippen LogP contribution in [0.2, 0.25) is 5.02 Å². The molecule has 1 atom stereocenters. The Balaban J connectivity index is 2.58. The molecule has 0 saturated carbocycles. The molecule has 0 N–H and O–H groups in total. The Morgan fingerprint density at radius 1 is 1.75 bits per heavy atom. The summed E-state index contributed by atoms with van der Waals surface area (Å²) in [5.41, 5.74) is 0. The summed E-state index contributed by atoms with van der Waals surface area (Å²) < 4.78 is 5.47. The summed E-state index contributed by atoms with van der Waals surface area (Å²) in [5, 5.41) is 1.30. The summed E-state index contributed by atoms with van der Waals surface area (Å²) >= 11 is 10.7. The van der Waals surface area contributed by atoms with Crippen molar-refractivity contribution >= 4 is 45.3 Å². The summed E-state index contributed by atoms with van der Waals surface area (Å²) in [5.74, 6) is 0.207. The first-order chi connectivity index (χ1) is 7.54. The van der Waals surface area contributed by atoms with Crippen molar-refractivity contribution in [2.75, 3.05) is 12.9 Å². The van der Waals surface area contributed by atoms with Crippen LogP contribution in [0.3, 0.4) is 0 Å². The lowest BCUT2D eigenvalue weighted by atomic mass is 10.2. The summed E-state index contributed by atoms with van der Waals surface area (Å²) in [6.07, 6.45) is 1.68. The topological polar surface area (TPSA) is 39.2 Å². The zero-order chi connectivity index (χ0) is 12.1. The van der Waals surface area contributed by atoms with E-state index in [2.05, 4.69) is 25.7 Å². The van der Waals surface area contributed by atoms with E-state index < -0.39 is 0 Å². The maximum atomic E-state index is 11.2. The first-order valence-corrected chi connectivity index (χ1v) is 6.72. The Bertz CT molecular complexity index is 389. The Hall–Kier alpha value is -0.260. The molecule has 1 aromatic heterocycles. The van der Waals surface area contributed by atoms with Gasteiger partial charge in [0.05, 0.1) is 18.1 Å². The summed E-state index contributed by atoms with van der Waals surface area (Å²) in [7, 11) is 1.38. The molecule has 1 heterocycles. The fourth-order valence-corrected chi connectivity index (χ4v) is 2.64. The maximum absolute atomic E-state index is 11.2. The van der Waals surface area contributed by atoms with Crippen LogP contribution in [0.1, 0.15) is 6.92 Å². The van der Waals surface area contributed by atoms with Gasteiger partial charge in [-0.25, -0.2) is 4.98 Å². The molecule has 0 fully saturated rings. The number of methoxy groups -OCH3 is 1.